The van der Waals surface area contributed by atoms with E-state index in [0.29, 0.717) is 24.7 Å². The highest BCUT2D eigenvalue weighted by Crippen LogP contribution is 2.22. The predicted molar refractivity (Wildman–Crippen MR) is 134 cm³/mol. The van der Waals surface area contributed by atoms with Crippen LogP contribution in [0.15, 0.2) is 29.5 Å². The van der Waals surface area contributed by atoms with E-state index in [0.717, 1.165) is 57.1 Å². The van der Waals surface area contributed by atoms with Crippen molar-refractivity contribution in [3.05, 3.63) is 41.7 Å². The number of likely N-dealkylation sites (N-methyl/N-ethyl adjacent to an activating group) is 1. The van der Waals surface area contributed by atoms with Crippen LogP contribution < -0.4 is 15.5 Å². The molecule has 2 heterocycles. The van der Waals surface area contributed by atoms with Crippen LogP contribution in [0.5, 0.6) is 0 Å². The molecule has 31 heavy (non-hydrogen) atoms. The first-order valence-electron chi connectivity index (χ1n) is 10.7. The van der Waals surface area contributed by atoms with Gasteiger partial charge in [-0.3, -0.25) is 4.99 Å². The molecule has 10 heteroatoms. The molecule has 8 nitrogen and oxygen atoms in total. The summed E-state index contributed by atoms with van der Waals surface area (Å²) >= 11 is 0. The standard InChI is InChI=1S/C21H33FN8.HI/c1-4-20-27-26-16-30(20)9-8-24-21(23-3)25-15-17-6-7-19(18(22)14-17)29-12-10-28(5-2)11-13-29;/h6-7,14,16H,4-5,8-13,15H2,1-3H3,(H2,23,24,25);1H. The van der Waals surface area contributed by atoms with Gasteiger partial charge in [-0.05, 0) is 24.2 Å². The molecular formula is C21H34FIN8. The lowest BCUT2D eigenvalue weighted by Gasteiger charge is -2.35. The highest BCUT2D eigenvalue weighted by atomic mass is 127. The first-order valence-corrected chi connectivity index (χ1v) is 10.7. The van der Waals surface area contributed by atoms with Crippen molar-refractivity contribution in [2.24, 2.45) is 4.99 Å². The van der Waals surface area contributed by atoms with Crippen LogP contribution in [0.1, 0.15) is 25.2 Å². The lowest BCUT2D eigenvalue weighted by molar-refractivity contribution is 0.270. The summed E-state index contributed by atoms with van der Waals surface area (Å²) in [5.41, 5.74) is 1.58. The van der Waals surface area contributed by atoms with Crippen molar-refractivity contribution in [3.63, 3.8) is 0 Å². The van der Waals surface area contributed by atoms with E-state index in [4.69, 9.17) is 0 Å². The van der Waals surface area contributed by atoms with Crippen LogP contribution in [0, 0.1) is 5.82 Å². The van der Waals surface area contributed by atoms with Gasteiger partial charge in [-0.25, -0.2) is 4.39 Å². The van der Waals surface area contributed by atoms with Crippen LogP contribution in [-0.4, -0.2) is 71.9 Å². The number of guanidine groups is 1. The zero-order chi connectivity index (χ0) is 21.3. The van der Waals surface area contributed by atoms with Crippen molar-refractivity contribution in [1.29, 1.82) is 0 Å². The molecule has 0 radical (unpaired) electrons. The minimum Gasteiger partial charge on any atom is -0.367 e. The smallest absolute Gasteiger partial charge is 0.191 e. The van der Waals surface area contributed by atoms with Gasteiger partial charge in [-0.2, -0.15) is 0 Å². The molecule has 2 aromatic rings. The van der Waals surface area contributed by atoms with Gasteiger partial charge in [0.15, 0.2) is 5.96 Å². The van der Waals surface area contributed by atoms with Gasteiger partial charge in [0, 0.05) is 59.3 Å². The maximum absolute atomic E-state index is 14.7. The first kappa shape index (κ1) is 25.3. The van der Waals surface area contributed by atoms with Crippen LogP contribution in [0.4, 0.5) is 10.1 Å². The second-order valence-electron chi connectivity index (χ2n) is 7.35. The van der Waals surface area contributed by atoms with Gasteiger partial charge in [0.05, 0.1) is 5.69 Å². The van der Waals surface area contributed by atoms with Crippen molar-refractivity contribution < 1.29 is 4.39 Å². The zero-order valence-corrected chi connectivity index (χ0v) is 21.0. The van der Waals surface area contributed by atoms with Crippen molar-refractivity contribution in [2.45, 2.75) is 33.4 Å². The maximum Gasteiger partial charge on any atom is 0.191 e. The van der Waals surface area contributed by atoms with Crippen molar-refractivity contribution in [1.82, 2.24) is 30.3 Å². The Balaban J connectivity index is 0.00000341. The summed E-state index contributed by atoms with van der Waals surface area (Å²) in [6.07, 6.45) is 2.59. The number of hydrogen-bond acceptors (Lipinski definition) is 5. The number of benzene rings is 1. The first-order chi connectivity index (χ1) is 14.6. The van der Waals surface area contributed by atoms with Gasteiger partial charge in [-0.1, -0.05) is 19.9 Å². The molecule has 1 aromatic heterocycles. The molecule has 0 saturated carbocycles. The largest absolute Gasteiger partial charge is 0.367 e. The molecule has 1 aliphatic rings. The Morgan fingerprint density at radius 3 is 2.58 bits per heavy atom. The van der Waals surface area contributed by atoms with Crippen LogP contribution >= 0.6 is 24.0 Å². The molecule has 1 fully saturated rings. The van der Waals surface area contributed by atoms with Crippen molar-refractivity contribution >= 4 is 35.6 Å². The highest BCUT2D eigenvalue weighted by Gasteiger charge is 2.18. The number of aromatic nitrogens is 3. The third-order valence-corrected chi connectivity index (χ3v) is 5.51. The van der Waals surface area contributed by atoms with E-state index in [2.05, 4.69) is 49.5 Å². The molecule has 0 bridgehead atoms. The Morgan fingerprint density at radius 1 is 1.16 bits per heavy atom. The fourth-order valence-electron chi connectivity index (χ4n) is 3.66. The van der Waals surface area contributed by atoms with Gasteiger partial charge in [0.2, 0.25) is 0 Å². The average Bonchev–Trinajstić information content (AvgIpc) is 3.24. The molecule has 3 rings (SSSR count). The molecule has 0 spiro atoms. The van der Waals surface area contributed by atoms with Gasteiger partial charge in [0.25, 0.3) is 0 Å². The monoisotopic (exact) mass is 544 g/mol. The van der Waals surface area contributed by atoms with E-state index in [1.807, 2.05) is 16.7 Å². The van der Waals surface area contributed by atoms with E-state index in [1.54, 1.807) is 19.4 Å². The molecule has 0 unspecified atom stereocenters. The van der Waals surface area contributed by atoms with Crippen LogP contribution in [0.25, 0.3) is 0 Å². The maximum atomic E-state index is 14.7. The molecule has 2 N–H and O–H groups in total. The topological polar surface area (TPSA) is 73.6 Å². The summed E-state index contributed by atoms with van der Waals surface area (Å²) in [7, 11) is 1.73. The lowest BCUT2D eigenvalue weighted by atomic mass is 10.1. The summed E-state index contributed by atoms with van der Waals surface area (Å²) in [6.45, 7) is 10.9. The summed E-state index contributed by atoms with van der Waals surface area (Å²) < 4.78 is 16.7. The number of rotatable bonds is 8. The number of aryl methyl sites for hydroxylation is 1. The Morgan fingerprint density at radius 2 is 1.94 bits per heavy atom. The minimum atomic E-state index is -0.165. The van der Waals surface area contributed by atoms with Crippen molar-refractivity contribution in [3.8, 4) is 0 Å². The molecule has 172 valence electrons. The molecule has 1 aliphatic heterocycles. The number of piperazine rings is 1. The number of nitrogens with one attached hydrogen (secondary N) is 2. The molecule has 1 saturated heterocycles. The Bertz CT molecular complexity index is 833. The quantitative estimate of drug-likeness (QED) is 0.302. The fourth-order valence-corrected chi connectivity index (χ4v) is 3.66. The van der Waals surface area contributed by atoms with E-state index in [-0.39, 0.29) is 29.8 Å². The number of aliphatic imine (C=N–C) groups is 1. The minimum absolute atomic E-state index is 0. The Hall–Kier alpha value is -1.95. The second-order valence-corrected chi connectivity index (χ2v) is 7.35. The highest BCUT2D eigenvalue weighted by molar-refractivity contribution is 14.0. The van der Waals surface area contributed by atoms with Gasteiger partial charge in [0.1, 0.15) is 18.0 Å². The second kappa shape index (κ2) is 12.8. The fraction of sp³-hybridized carbons (Fsp3) is 0.571. The third kappa shape index (κ3) is 7.03. The number of hydrogen-bond donors (Lipinski definition) is 2. The number of nitrogens with zero attached hydrogens (tertiary/aromatic N) is 6. The van der Waals surface area contributed by atoms with Crippen LogP contribution in [0.2, 0.25) is 0 Å². The molecular weight excluding hydrogens is 510 g/mol. The summed E-state index contributed by atoms with van der Waals surface area (Å²) in [4.78, 5) is 8.76. The van der Waals surface area contributed by atoms with Crippen LogP contribution in [0.3, 0.4) is 0 Å². The van der Waals surface area contributed by atoms with E-state index in [9.17, 15) is 4.39 Å². The van der Waals surface area contributed by atoms with Gasteiger partial charge in [-0.15, -0.1) is 34.2 Å². The average molecular weight is 544 g/mol. The molecule has 0 aliphatic carbocycles. The summed E-state index contributed by atoms with van der Waals surface area (Å²) in [6, 6.07) is 5.49. The number of halogens is 2. The van der Waals surface area contributed by atoms with Crippen LogP contribution in [-0.2, 0) is 19.5 Å². The summed E-state index contributed by atoms with van der Waals surface area (Å²) in [5.74, 6) is 1.48. The molecule has 0 atom stereocenters. The molecule has 1 aromatic carbocycles. The predicted octanol–water partition coefficient (Wildman–Crippen LogP) is 2.10. The summed E-state index contributed by atoms with van der Waals surface area (Å²) in [5, 5.41) is 14.5. The Labute approximate surface area is 201 Å². The van der Waals surface area contributed by atoms with E-state index >= 15 is 0 Å². The van der Waals surface area contributed by atoms with E-state index in [1.165, 1.54) is 0 Å². The van der Waals surface area contributed by atoms with Gasteiger partial charge < -0.3 is 25.0 Å². The third-order valence-electron chi connectivity index (χ3n) is 5.51. The molecule has 0 amide bonds. The zero-order valence-electron chi connectivity index (χ0n) is 18.6. The van der Waals surface area contributed by atoms with Gasteiger partial charge >= 0.3 is 0 Å². The SMILES string of the molecule is CCc1nncn1CCNC(=NC)NCc1ccc(N2CCN(CC)CC2)c(F)c1.I. The van der Waals surface area contributed by atoms with Crippen molar-refractivity contribution in [2.75, 3.05) is 51.2 Å². The Kier molecular flexibility index (Phi) is 10.4. The number of anilines is 1. The normalized spacial score (nSPS) is 15.0. The van der Waals surface area contributed by atoms with E-state index < -0.39 is 0 Å². The lowest BCUT2D eigenvalue weighted by Crippen LogP contribution is -2.46.